The van der Waals surface area contributed by atoms with Crippen LogP contribution < -0.4 is 16.2 Å². The van der Waals surface area contributed by atoms with Gasteiger partial charge in [0.2, 0.25) is 11.9 Å². The standard InChI is InChI=1S/C22H22FN7OS/c1-12-9-10-14(11-16(12)23)30-19(31)15-7-5-6-8-17(15)25-22(30)32-13(2)18-26-20(24)28-21(27-18)29(3)4/h5-11,13H,1-4H3,(H2,24,26,27,28). The number of benzene rings is 2. The van der Waals surface area contributed by atoms with Gasteiger partial charge in [0.15, 0.2) is 5.16 Å². The molecule has 0 fully saturated rings. The molecule has 0 spiro atoms. The fourth-order valence-corrected chi connectivity index (χ4v) is 4.10. The molecule has 10 heteroatoms. The van der Waals surface area contributed by atoms with Gasteiger partial charge < -0.3 is 10.6 Å². The first-order chi connectivity index (χ1) is 15.2. The molecule has 2 aromatic heterocycles. The molecule has 0 radical (unpaired) electrons. The highest BCUT2D eigenvalue weighted by atomic mass is 32.2. The first-order valence-electron chi connectivity index (χ1n) is 9.88. The predicted octanol–water partition coefficient (Wildman–Crippen LogP) is 3.52. The number of hydrogen-bond acceptors (Lipinski definition) is 8. The smallest absolute Gasteiger partial charge is 0.266 e. The number of para-hydroxylation sites is 1. The number of nitrogen functional groups attached to an aromatic ring is 1. The van der Waals surface area contributed by atoms with Gasteiger partial charge in [-0.3, -0.25) is 9.36 Å². The highest BCUT2D eigenvalue weighted by molar-refractivity contribution is 7.99. The molecule has 8 nitrogen and oxygen atoms in total. The lowest BCUT2D eigenvalue weighted by Gasteiger charge is -2.17. The normalized spacial score (nSPS) is 12.2. The fraction of sp³-hybridized carbons (Fsp3) is 0.227. The SMILES string of the molecule is Cc1ccc(-n2c(SC(C)c3nc(N)nc(N(C)C)n3)nc3ccccc3c2=O)cc1F. The van der Waals surface area contributed by atoms with Crippen LogP contribution in [0.1, 0.15) is 23.6 Å². The summed E-state index contributed by atoms with van der Waals surface area (Å²) >= 11 is 1.29. The Kier molecular flexibility index (Phi) is 5.79. The van der Waals surface area contributed by atoms with E-state index in [0.29, 0.717) is 39.1 Å². The number of rotatable bonds is 5. The van der Waals surface area contributed by atoms with Gasteiger partial charge in [-0.25, -0.2) is 9.37 Å². The van der Waals surface area contributed by atoms with Crippen LogP contribution in [0.4, 0.5) is 16.3 Å². The fourth-order valence-electron chi connectivity index (χ4n) is 3.13. The maximum atomic E-state index is 14.3. The Balaban J connectivity index is 1.86. The number of nitrogens with zero attached hydrogens (tertiary/aromatic N) is 6. The quantitative estimate of drug-likeness (QED) is 0.363. The van der Waals surface area contributed by atoms with E-state index < -0.39 is 5.82 Å². The number of anilines is 2. The van der Waals surface area contributed by atoms with Crippen LogP contribution in [-0.4, -0.2) is 38.6 Å². The molecule has 2 aromatic carbocycles. The van der Waals surface area contributed by atoms with Crippen molar-refractivity contribution in [2.24, 2.45) is 0 Å². The van der Waals surface area contributed by atoms with Gasteiger partial charge in [0, 0.05) is 14.1 Å². The second-order valence-electron chi connectivity index (χ2n) is 7.49. The number of aryl methyl sites for hydroxylation is 1. The average Bonchev–Trinajstić information content (AvgIpc) is 2.75. The Labute approximate surface area is 188 Å². The van der Waals surface area contributed by atoms with Crippen LogP contribution in [0.15, 0.2) is 52.4 Å². The van der Waals surface area contributed by atoms with Crippen molar-refractivity contribution < 1.29 is 4.39 Å². The van der Waals surface area contributed by atoms with Crippen LogP contribution in [0, 0.1) is 12.7 Å². The largest absolute Gasteiger partial charge is 0.368 e. The van der Waals surface area contributed by atoms with Crippen LogP contribution in [0.3, 0.4) is 0 Å². The molecule has 2 heterocycles. The van der Waals surface area contributed by atoms with Crippen molar-refractivity contribution >= 4 is 34.6 Å². The minimum atomic E-state index is -0.396. The zero-order valence-electron chi connectivity index (χ0n) is 18.1. The van der Waals surface area contributed by atoms with Crippen LogP contribution in [0.5, 0.6) is 0 Å². The number of fused-ring (bicyclic) bond motifs is 1. The molecule has 0 saturated heterocycles. The zero-order chi connectivity index (χ0) is 23.0. The van der Waals surface area contributed by atoms with Crippen molar-refractivity contribution in [3.63, 3.8) is 0 Å². The molecule has 0 aliphatic heterocycles. The summed E-state index contributed by atoms with van der Waals surface area (Å²) in [6.45, 7) is 3.56. The molecular weight excluding hydrogens is 429 g/mol. The van der Waals surface area contributed by atoms with Gasteiger partial charge in [-0.2, -0.15) is 15.0 Å². The lowest BCUT2D eigenvalue weighted by molar-refractivity contribution is 0.615. The molecule has 4 rings (SSSR count). The third kappa shape index (κ3) is 4.13. The molecule has 4 aromatic rings. The third-order valence-electron chi connectivity index (χ3n) is 4.86. The monoisotopic (exact) mass is 451 g/mol. The molecule has 0 saturated carbocycles. The van der Waals surface area contributed by atoms with Gasteiger partial charge in [0.05, 0.1) is 21.8 Å². The molecule has 2 N–H and O–H groups in total. The van der Waals surface area contributed by atoms with Gasteiger partial charge in [-0.1, -0.05) is 30.0 Å². The highest BCUT2D eigenvalue weighted by Gasteiger charge is 2.20. The summed E-state index contributed by atoms with van der Waals surface area (Å²) in [5.74, 6) is 0.600. The number of hydrogen-bond donors (Lipinski definition) is 1. The summed E-state index contributed by atoms with van der Waals surface area (Å²) in [5, 5.41) is 0.535. The summed E-state index contributed by atoms with van der Waals surface area (Å²) in [4.78, 5) is 32.7. The molecular formula is C22H22FN7OS. The van der Waals surface area contributed by atoms with Crippen LogP contribution in [0.25, 0.3) is 16.6 Å². The third-order valence-corrected chi connectivity index (χ3v) is 5.91. The van der Waals surface area contributed by atoms with Crippen molar-refractivity contribution in [3.8, 4) is 5.69 Å². The topological polar surface area (TPSA) is 103 Å². The summed E-state index contributed by atoms with van der Waals surface area (Å²) in [6, 6.07) is 11.8. The number of thioether (sulfide) groups is 1. The molecule has 164 valence electrons. The van der Waals surface area contributed by atoms with Crippen LogP contribution in [0.2, 0.25) is 0 Å². The van der Waals surface area contributed by atoms with Crippen molar-refractivity contribution in [1.29, 1.82) is 0 Å². The van der Waals surface area contributed by atoms with E-state index in [4.69, 9.17) is 10.7 Å². The van der Waals surface area contributed by atoms with E-state index >= 15 is 0 Å². The molecule has 0 aliphatic carbocycles. The molecule has 0 aliphatic rings. The van der Waals surface area contributed by atoms with E-state index in [0.717, 1.165) is 0 Å². The van der Waals surface area contributed by atoms with Gasteiger partial charge >= 0.3 is 0 Å². The second kappa shape index (κ2) is 8.54. The average molecular weight is 452 g/mol. The minimum Gasteiger partial charge on any atom is -0.368 e. The maximum Gasteiger partial charge on any atom is 0.266 e. The Bertz CT molecular complexity index is 1370. The van der Waals surface area contributed by atoms with E-state index in [2.05, 4.69) is 15.0 Å². The Morgan fingerprint density at radius 3 is 2.56 bits per heavy atom. The van der Waals surface area contributed by atoms with Gasteiger partial charge in [-0.15, -0.1) is 0 Å². The molecule has 32 heavy (non-hydrogen) atoms. The second-order valence-corrected chi connectivity index (χ2v) is 8.80. The Morgan fingerprint density at radius 1 is 1.09 bits per heavy atom. The minimum absolute atomic E-state index is 0.107. The molecule has 0 amide bonds. The number of nitrogens with two attached hydrogens (primary N) is 1. The Morgan fingerprint density at radius 2 is 1.84 bits per heavy atom. The van der Waals surface area contributed by atoms with Crippen molar-refractivity contribution in [2.45, 2.75) is 24.3 Å². The summed E-state index contributed by atoms with van der Waals surface area (Å²) in [5.41, 5.74) is 7.04. The van der Waals surface area contributed by atoms with Gasteiger partial charge in [0.1, 0.15) is 11.6 Å². The lowest BCUT2D eigenvalue weighted by Crippen LogP contribution is -2.22. The highest BCUT2D eigenvalue weighted by Crippen LogP contribution is 2.34. The maximum absolute atomic E-state index is 14.3. The van der Waals surface area contributed by atoms with Crippen molar-refractivity contribution in [3.05, 3.63) is 70.0 Å². The summed E-state index contributed by atoms with van der Waals surface area (Å²) in [7, 11) is 3.62. The zero-order valence-corrected chi connectivity index (χ0v) is 18.9. The van der Waals surface area contributed by atoms with Crippen LogP contribution in [-0.2, 0) is 0 Å². The number of halogens is 1. The predicted molar refractivity (Wildman–Crippen MR) is 125 cm³/mol. The first kappa shape index (κ1) is 21.7. The Hall–Kier alpha value is -3.53. The van der Waals surface area contributed by atoms with Gasteiger partial charge in [0.25, 0.3) is 5.56 Å². The molecule has 1 unspecified atom stereocenters. The summed E-state index contributed by atoms with van der Waals surface area (Å²) in [6.07, 6.45) is 0. The van der Waals surface area contributed by atoms with E-state index in [-0.39, 0.29) is 16.8 Å². The summed E-state index contributed by atoms with van der Waals surface area (Å²) < 4.78 is 15.8. The molecule has 1 atom stereocenters. The molecule has 0 bridgehead atoms. The van der Waals surface area contributed by atoms with E-state index in [1.165, 1.54) is 22.4 Å². The number of aromatic nitrogens is 5. The van der Waals surface area contributed by atoms with Crippen molar-refractivity contribution in [2.75, 3.05) is 24.7 Å². The first-order valence-corrected chi connectivity index (χ1v) is 10.8. The van der Waals surface area contributed by atoms with Crippen LogP contribution >= 0.6 is 11.8 Å². The lowest BCUT2D eigenvalue weighted by atomic mass is 10.2. The van der Waals surface area contributed by atoms with E-state index in [9.17, 15) is 9.18 Å². The van der Waals surface area contributed by atoms with E-state index in [1.807, 2.05) is 27.1 Å². The van der Waals surface area contributed by atoms with E-state index in [1.54, 1.807) is 42.2 Å². The van der Waals surface area contributed by atoms with Crippen molar-refractivity contribution in [1.82, 2.24) is 24.5 Å². The van der Waals surface area contributed by atoms with Gasteiger partial charge in [-0.05, 0) is 43.7 Å².